The lowest BCUT2D eigenvalue weighted by molar-refractivity contribution is 0.627. The van der Waals surface area contributed by atoms with Crippen LogP contribution in [0.2, 0.25) is 0 Å². The van der Waals surface area contributed by atoms with E-state index in [1.54, 1.807) is 12.1 Å². The maximum atomic E-state index is 12.7. The molecule has 1 aromatic heterocycles. The van der Waals surface area contributed by atoms with Crippen LogP contribution in [0.25, 0.3) is 0 Å². The smallest absolute Gasteiger partial charge is 0.146 e. The predicted octanol–water partition coefficient (Wildman–Crippen LogP) is 2.83. The van der Waals surface area contributed by atoms with E-state index >= 15 is 0 Å². The van der Waals surface area contributed by atoms with E-state index in [2.05, 4.69) is 16.3 Å². The van der Waals surface area contributed by atoms with Gasteiger partial charge >= 0.3 is 0 Å². The van der Waals surface area contributed by atoms with Gasteiger partial charge in [-0.3, -0.25) is 0 Å². The van der Waals surface area contributed by atoms with Gasteiger partial charge in [0.25, 0.3) is 0 Å². The number of hydrogen-bond donors (Lipinski definition) is 0. The van der Waals surface area contributed by atoms with Gasteiger partial charge in [-0.25, -0.2) is 9.37 Å². The molecule has 2 aromatic rings. The maximum absolute atomic E-state index is 12.7. The Hall–Kier alpha value is -1.29. The van der Waals surface area contributed by atoms with Crippen molar-refractivity contribution in [3.63, 3.8) is 0 Å². The summed E-state index contributed by atoms with van der Waals surface area (Å²) in [6.07, 6.45) is 1.60. The van der Waals surface area contributed by atoms with Gasteiger partial charge in [0.05, 0.1) is 0 Å². The molecule has 0 radical (unpaired) electrons. The minimum Gasteiger partial charge on any atom is -0.224 e. The molecular formula is C11H11FN2S. The highest BCUT2D eigenvalue weighted by Gasteiger charge is 2.03. The average molecular weight is 222 g/mol. The summed E-state index contributed by atoms with van der Waals surface area (Å²) in [5, 5.41) is 1.05. The molecule has 0 aliphatic heterocycles. The SMILES string of the molecule is CCc1nc(Cc2ccc(F)cc2)ns1. The Labute approximate surface area is 92.0 Å². The first-order valence-corrected chi connectivity index (χ1v) is 5.61. The molecule has 1 aromatic carbocycles. The fourth-order valence-electron chi connectivity index (χ4n) is 1.29. The second-order valence-corrected chi connectivity index (χ2v) is 4.10. The summed E-state index contributed by atoms with van der Waals surface area (Å²) < 4.78 is 16.9. The zero-order valence-electron chi connectivity index (χ0n) is 8.40. The first-order valence-electron chi connectivity index (χ1n) is 4.84. The molecule has 0 unspecified atom stereocenters. The molecule has 0 atom stereocenters. The number of halogens is 1. The van der Waals surface area contributed by atoms with Crippen molar-refractivity contribution < 1.29 is 4.39 Å². The molecule has 2 nitrogen and oxygen atoms in total. The van der Waals surface area contributed by atoms with Gasteiger partial charge in [0.15, 0.2) is 0 Å². The third kappa shape index (κ3) is 2.59. The van der Waals surface area contributed by atoms with Crippen LogP contribution >= 0.6 is 11.5 Å². The van der Waals surface area contributed by atoms with Gasteiger partial charge in [-0.2, -0.15) is 4.37 Å². The fraction of sp³-hybridized carbons (Fsp3) is 0.273. The van der Waals surface area contributed by atoms with E-state index in [0.29, 0.717) is 6.42 Å². The Morgan fingerprint density at radius 3 is 2.60 bits per heavy atom. The lowest BCUT2D eigenvalue weighted by atomic mass is 10.1. The monoisotopic (exact) mass is 222 g/mol. The molecule has 0 amide bonds. The fourth-order valence-corrected chi connectivity index (χ4v) is 1.88. The molecule has 0 N–H and O–H groups in total. The van der Waals surface area contributed by atoms with Gasteiger partial charge in [-0.05, 0) is 35.6 Å². The van der Waals surface area contributed by atoms with E-state index in [1.165, 1.54) is 23.7 Å². The standard InChI is InChI=1S/C11H11FN2S/c1-2-11-13-10(14-15-11)7-8-3-5-9(12)6-4-8/h3-6H,2,7H2,1H3. The molecular weight excluding hydrogens is 211 g/mol. The third-order valence-electron chi connectivity index (χ3n) is 2.09. The largest absolute Gasteiger partial charge is 0.224 e. The van der Waals surface area contributed by atoms with Crippen LogP contribution in [0, 0.1) is 5.82 Å². The van der Waals surface area contributed by atoms with Crippen molar-refractivity contribution in [2.75, 3.05) is 0 Å². The van der Waals surface area contributed by atoms with E-state index in [1.807, 2.05) is 0 Å². The van der Waals surface area contributed by atoms with E-state index < -0.39 is 0 Å². The van der Waals surface area contributed by atoms with Crippen molar-refractivity contribution in [1.29, 1.82) is 0 Å². The zero-order valence-corrected chi connectivity index (χ0v) is 9.22. The first kappa shape index (κ1) is 10.2. The molecule has 78 valence electrons. The third-order valence-corrected chi connectivity index (χ3v) is 2.98. The van der Waals surface area contributed by atoms with Gasteiger partial charge in [0.1, 0.15) is 16.6 Å². The van der Waals surface area contributed by atoms with Crippen molar-refractivity contribution in [1.82, 2.24) is 9.36 Å². The van der Waals surface area contributed by atoms with Crippen molar-refractivity contribution >= 4 is 11.5 Å². The maximum Gasteiger partial charge on any atom is 0.146 e. The first-order chi connectivity index (χ1) is 7.28. The second kappa shape index (κ2) is 4.49. The predicted molar refractivity (Wildman–Crippen MR) is 58.5 cm³/mol. The normalized spacial score (nSPS) is 10.5. The molecule has 0 saturated carbocycles. The van der Waals surface area contributed by atoms with E-state index in [-0.39, 0.29) is 5.82 Å². The summed E-state index contributed by atoms with van der Waals surface area (Å²) in [6.45, 7) is 2.06. The van der Waals surface area contributed by atoms with Gasteiger partial charge in [0, 0.05) is 6.42 Å². The Morgan fingerprint density at radius 1 is 1.27 bits per heavy atom. The summed E-state index contributed by atoms with van der Waals surface area (Å²) in [4.78, 5) is 4.36. The Bertz CT molecular complexity index is 436. The van der Waals surface area contributed by atoms with E-state index in [0.717, 1.165) is 22.8 Å². The highest BCUT2D eigenvalue weighted by Crippen LogP contribution is 2.11. The van der Waals surface area contributed by atoms with Crippen LogP contribution < -0.4 is 0 Å². The lowest BCUT2D eigenvalue weighted by Crippen LogP contribution is -1.91. The van der Waals surface area contributed by atoms with E-state index in [4.69, 9.17) is 0 Å². The number of hydrogen-bond acceptors (Lipinski definition) is 3. The number of aryl methyl sites for hydroxylation is 1. The van der Waals surface area contributed by atoms with E-state index in [9.17, 15) is 4.39 Å². The van der Waals surface area contributed by atoms with Gasteiger partial charge < -0.3 is 0 Å². The molecule has 1 heterocycles. The molecule has 4 heteroatoms. The minimum atomic E-state index is -0.209. The van der Waals surface area contributed by atoms with Gasteiger partial charge in [-0.1, -0.05) is 19.1 Å². The highest BCUT2D eigenvalue weighted by molar-refractivity contribution is 7.05. The molecule has 0 aliphatic rings. The van der Waals surface area contributed by atoms with Crippen molar-refractivity contribution in [3.05, 3.63) is 46.5 Å². The van der Waals surface area contributed by atoms with Crippen LogP contribution in [0.4, 0.5) is 4.39 Å². The minimum absolute atomic E-state index is 0.209. The Morgan fingerprint density at radius 2 is 2.00 bits per heavy atom. The van der Waals surface area contributed by atoms with Crippen LogP contribution in [0.15, 0.2) is 24.3 Å². The average Bonchev–Trinajstić information content (AvgIpc) is 2.69. The van der Waals surface area contributed by atoms with Gasteiger partial charge in [-0.15, -0.1) is 0 Å². The number of nitrogens with zero attached hydrogens (tertiary/aromatic N) is 2. The summed E-state index contributed by atoms with van der Waals surface area (Å²) >= 11 is 1.44. The molecule has 0 aliphatic carbocycles. The zero-order chi connectivity index (χ0) is 10.7. The Kier molecular flexibility index (Phi) is 3.06. The molecule has 0 bridgehead atoms. The Balaban J connectivity index is 2.11. The van der Waals surface area contributed by atoms with Crippen molar-refractivity contribution in [3.8, 4) is 0 Å². The van der Waals surface area contributed by atoms with Crippen molar-refractivity contribution in [2.45, 2.75) is 19.8 Å². The second-order valence-electron chi connectivity index (χ2n) is 3.26. The number of rotatable bonds is 3. The molecule has 2 rings (SSSR count). The number of benzene rings is 1. The summed E-state index contributed by atoms with van der Waals surface area (Å²) in [6, 6.07) is 6.45. The summed E-state index contributed by atoms with van der Waals surface area (Å²) in [5.74, 6) is 0.614. The summed E-state index contributed by atoms with van der Waals surface area (Å²) in [7, 11) is 0. The van der Waals surface area contributed by atoms with Crippen LogP contribution in [0.5, 0.6) is 0 Å². The molecule has 0 saturated heterocycles. The van der Waals surface area contributed by atoms with Crippen LogP contribution in [0.3, 0.4) is 0 Å². The quantitative estimate of drug-likeness (QED) is 0.798. The highest BCUT2D eigenvalue weighted by atomic mass is 32.1. The number of aromatic nitrogens is 2. The van der Waals surface area contributed by atoms with Crippen LogP contribution in [0.1, 0.15) is 23.3 Å². The van der Waals surface area contributed by atoms with Crippen LogP contribution in [-0.2, 0) is 12.8 Å². The molecule has 0 fully saturated rings. The van der Waals surface area contributed by atoms with Crippen molar-refractivity contribution in [2.24, 2.45) is 0 Å². The summed E-state index contributed by atoms with van der Waals surface area (Å²) in [5.41, 5.74) is 1.04. The topological polar surface area (TPSA) is 25.8 Å². The lowest BCUT2D eigenvalue weighted by Gasteiger charge is -1.96. The van der Waals surface area contributed by atoms with Crippen LogP contribution in [-0.4, -0.2) is 9.36 Å². The van der Waals surface area contributed by atoms with Gasteiger partial charge in [0.2, 0.25) is 0 Å². The molecule has 15 heavy (non-hydrogen) atoms. The molecule has 0 spiro atoms.